The second-order valence-electron chi connectivity index (χ2n) is 4.82. The van der Waals surface area contributed by atoms with Crippen LogP contribution in [0.5, 0.6) is 0 Å². The molecule has 0 saturated carbocycles. The molecule has 0 bridgehead atoms. The van der Waals surface area contributed by atoms with Crippen molar-refractivity contribution in [2.45, 2.75) is 10.8 Å². The Balaban J connectivity index is 1.62. The molecular weight excluding hydrogens is 368 g/mol. The lowest BCUT2D eigenvalue weighted by Crippen LogP contribution is -2.13. The van der Waals surface area contributed by atoms with E-state index in [1.807, 2.05) is 24.3 Å². The van der Waals surface area contributed by atoms with Crippen LogP contribution in [0.25, 0.3) is 0 Å². The highest BCUT2D eigenvalue weighted by Gasteiger charge is 2.15. The summed E-state index contributed by atoms with van der Waals surface area (Å²) in [6.45, 7) is 0.562. The third kappa shape index (κ3) is 4.22. The van der Waals surface area contributed by atoms with Crippen LogP contribution in [0.3, 0.4) is 0 Å². The highest BCUT2D eigenvalue weighted by molar-refractivity contribution is 7.94. The molecule has 2 N–H and O–H groups in total. The molecule has 0 aliphatic carbocycles. The molecule has 24 heavy (non-hydrogen) atoms. The summed E-state index contributed by atoms with van der Waals surface area (Å²) >= 11 is 6.98. The number of rotatable bonds is 6. The summed E-state index contributed by atoms with van der Waals surface area (Å²) in [6, 6.07) is 13.9. The van der Waals surface area contributed by atoms with Gasteiger partial charge in [-0.3, -0.25) is 4.72 Å². The summed E-state index contributed by atoms with van der Waals surface area (Å²) in [4.78, 5) is 0. The van der Waals surface area contributed by atoms with E-state index in [4.69, 9.17) is 11.6 Å². The molecule has 0 aliphatic heterocycles. The molecule has 0 aliphatic rings. The van der Waals surface area contributed by atoms with Crippen molar-refractivity contribution in [3.05, 3.63) is 64.5 Å². The molecule has 6 nitrogen and oxygen atoms in total. The lowest BCUT2D eigenvalue weighted by molar-refractivity contribution is 0.603. The maximum absolute atomic E-state index is 12.1. The smallest absolute Gasteiger partial charge is 0.272 e. The van der Waals surface area contributed by atoms with Gasteiger partial charge >= 0.3 is 0 Å². The van der Waals surface area contributed by atoms with Crippen molar-refractivity contribution in [1.82, 2.24) is 10.2 Å². The average Bonchev–Trinajstić information content (AvgIpc) is 3.11. The highest BCUT2D eigenvalue weighted by atomic mass is 35.5. The first-order chi connectivity index (χ1) is 11.5. The lowest BCUT2D eigenvalue weighted by atomic mass is 10.2. The molecule has 0 amide bonds. The van der Waals surface area contributed by atoms with E-state index in [0.717, 1.165) is 16.9 Å². The van der Waals surface area contributed by atoms with E-state index < -0.39 is 10.0 Å². The van der Waals surface area contributed by atoms with E-state index in [0.29, 0.717) is 17.4 Å². The van der Waals surface area contributed by atoms with Gasteiger partial charge in [-0.2, -0.15) is 0 Å². The number of sulfonamides is 1. The second kappa shape index (κ2) is 7.16. The van der Waals surface area contributed by atoms with E-state index in [1.165, 1.54) is 6.07 Å². The van der Waals surface area contributed by atoms with Gasteiger partial charge < -0.3 is 5.32 Å². The highest BCUT2D eigenvalue weighted by Crippen LogP contribution is 2.19. The molecular formula is C15H13ClN4O2S2. The normalized spacial score (nSPS) is 11.2. The molecule has 3 rings (SSSR count). The number of hydrogen-bond acceptors (Lipinski definition) is 6. The van der Waals surface area contributed by atoms with E-state index in [9.17, 15) is 8.42 Å². The summed E-state index contributed by atoms with van der Waals surface area (Å²) in [5.41, 5.74) is 1.05. The fourth-order valence-electron chi connectivity index (χ4n) is 1.88. The Morgan fingerprint density at radius 2 is 1.71 bits per heavy atom. The number of nitrogens with zero attached hydrogens (tertiary/aromatic N) is 2. The minimum atomic E-state index is -3.61. The van der Waals surface area contributed by atoms with Crippen LogP contribution in [0, 0.1) is 0 Å². The van der Waals surface area contributed by atoms with Crippen LogP contribution in [-0.4, -0.2) is 18.6 Å². The van der Waals surface area contributed by atoms with Gasteiger partial charge in [0.25, 0.3) is 10.0 Å². The van der Waals surface area contributed by atoms with E-state index in [-0.39, 0.29) is 10.0 Å². The Kier molecular flexibility index (Phi) is 4.98. The number of anilines is 2. The lowest BCUT2D eigenvalue weighted by Gasteiger charge is -2.07. The summed E-state index contributed by atoms with van der Waals surface area (Å²) in [7, 11) is -3.61. The summed E-state index contributed by atoms with van der Waals surface area (Å²) < 4.78 is 26.8. The molecule has 1 aromatic carbocycles. The van der Waals surface area contributed by atoms with Crippen LogP contribution in [0.1, 0.15) is 5.56 Å². The Labute approximate surface area is 148 Å². The SMILES string of the molecule is O=S(=O)(Nc1ccc(NCc2ccc(Cl)cc2)nn1)c1cccs1. The summed E-state index contributed by atoms with van der Waals surface area (Å²) in [5, 5.41) is 13.3. The molecule has 0 spiro atoms. The zero-order valence-electron chi connectivity index (χ0n) is 12.3. The first kappa shape index (κ1) is 16.7. The Morgan fingerprint density at radius 1 is 1.00 bits per heavy atom. The van der Waals surface area contributed by atoms with Gasteiger partial charge in [-0.15, -0.1) is 21.5 Å². The third-order valence-corrected chi connectivity index (χ3v) is 6.05. The maximum Gasteiger partial charge on any atom is 0.272 e. The van der Waals surface area contributed by atoms with Crippen molar-refractivity contribution >= 4 is 44.6 Å². The minimum Gasteiger partial charge on any atom is -0.365 e. The van der Waals surface area contributed by atoms with Crippen LogP contribution in [-0.2, 0) is 16.6 Å². The van der Waals surface area contributed by atoms with Crippen molar-refractivity contribution in [3.8, 4) is 0 Å². The van der Waals surface area contributed by atoms with Gasteiger partial charge in [-0.25, -0.2) is 8.42 Å². The predicted molar refractivity (Wildman–Crippen MR) is 95.9 cm³/mol. The monoisotopic (exact) mass is 380 g/mol. The number of benzene rings is 1. The van der Waals surface area contributed by atoms with Crippen LogP contribution >= 0.6 is 22.9 Å². The quantitative estimate of drug-likeness (QED) is 0.682. The maximum atomic E-state index is 12.1. The second-order valence-corrected chi connectivity index (χ2v) is 8.11. The molecule has 0 unspecified atom stereocenters. The fourth-order valence-corrected chi connectivity index (χ4v) is 4.00. The Morgan fingerprint density at radius 3 is 2.33 bits per heavy atom. The third-order valence-electron chi connectivity index (χ3n) is 3.05. The van der Waals surface area contributed by atoms with Crippen molar-refractivity contribution in [3.63, 3.8) is 0 Å². The zero-order chi connectivity index (χ0) is 17.0. The van der Waals surface area contributed by atoms with Gasteiger partial charge in [-0.1, -0.05) is 29.8 Å². The van der Waals surface area contributed by atoms with Crippen molar-refractivity contribution in [2.24, 2.45) is 0 Å². The molecule has 2 heterocycles. The first-order valence-electron chi connectivity index (χ1n) is 6.91. The number of aromatic nitrogens is 2. The molecule has 0 saturated heterocycles. The molecule has 3 aromatic rings. The minimum absolute atomic E-state index is 0.167. The van der Waals surface area contributed by atoms with Crippen LogP contribution < -0.4 is 10.0 Å². The predicted octanol–water partition coefficient (Wildman–Crippen LogP) is 3.60. The molecule has 2 aromatic heterocycles. The average molecular weight is 381 g/mol. The largest absolute Gasteiger partial charge is 0.365 e. The van der Waals surface area contributed by atoms with E-state index >= 15 is 0 Å². The number of thiophene rings is 1. The van der Waals surface area contributed by atoms with Gasteiger partial charge in [0, 0.05) is 11.6 Å². The molecule has 9 heteroatoms. The van der Waals surface area contributed by atoms with Crippen LogP contribution in [0.15, 0.2) is 58.1 Å². The van der Waals surface area contributed by atoms with Gasteiger partial charge in [0.15, 0.2) is 5.82 Å². The Hall–Kier alpha value is -2.16. The van der Waals surface area contributed by atoms with E-state index in [2.05, 4.69) is 20.2 Å². The molecule has 0 atom stereocenters. The number of hydrogen-bond donors (Lipinski definition) is 2. The van der Waals surface area contributed by atoms with Crippen molar-refractivity contribution in [1.29, 1.82) is 0 Å². The van der Waals surface area contributed by atoms with Gasteiger partial charge in [-0.05, 0) is 41.3 Å². The number of halogens is 1. The van der Waals surface area contributed by atoms with Gasteiger partial charge in [0.05, 0.1) is 0 Å². The van der Waals surface area contributed by atoms with Crippen LogP contribution in [0.4, 0.5) is 11.6 Å². The van der Waals surface area contributed by atoms with Crippen molar-refractivity contribution in [2.75, 3.05) is 10.0 Å². The standard InChI is InChI=1S/C15H13ClN4O2S2/c16-12-5-3-11(4-6-12)10-17-13-7-8-14(19-18-13)20-24(21,22)15-2-1-9-23-15/h1-9H,10H2,(H,17,18)(H,19,20). The molecule has 124 valence electrons. The van der Waals surface area contributed by atoms with Crippen LogP contribution in [0.2, 0.25) is 5.02 Å². The summed E-state index contributed by atoms with van der Waals surface area (Å²) in [6.07, 6.45) is 0. The Bertz CT molecular complexity index is 896. The number of nitrogens with one attached hydrogen (secondary N) is 2. The van der Waals surface area contributed by atoms with E-state index in [1.54, 1.807) is 23.6 Å². The van der Waals surface area contributed by atoms with Crippen molar-refractivity contribution < 1.29 is 8.42 Å². The first-order valence-corrected chi connectivity index (χ1v) is 9.65. The zero-order valence-corrected chi connectivity index (χ0v) is 14.7. The van der Waals surface area contributed by atoms with Gasteiger partial charge in [0.1, 0.15) is 10.0 Å². The topological polar surface area (TPSA) is 84.0 Å². The van der Waals surface area contributed by atoms with Gasteiger partial charge in [0.2, 0.25) is 0 Å². The molecule has 0 radical (unpaired) electrons. The molecule has 0 fully saturated rings. The summed E-state index contributed by atoms with van der Waals surface area (Å²) in [5.74, 6) is 0.712. The fraction of sp³-hybridized carbons (Fsp3) is 0.0667.